The zero-order chi connectivity index (χ0) is 14.8. The maximum absolute atomic E-state index is 6.11. The molecule has 0 saturated carbocycles. The molecular weight excluding hydrogens is 329 g/mol. The lowest BCUT2D eigenvalue weighted by Gasteiger charge is -2.12. The third-order valence-electron chi connectivity index (χ3n) is 3.31. The topological polar surface area (TPSA) is 21.3 Å². The minimum absolute atomic E-state index is 0. The minimum atomic E-state index is 0. The fourth-order valence-electron chi connectivity index (χ4n) is 2.23. The summed E-state index contributed by atoms with van der Waals surface area (Å²) in [6.45, 7) is 3.99. The highest BCUT2D eigenvalue weighted by Gasteiger charge is 2.09. The second-order valence-electron chi connectivity index (χ2n) is 5.02. The zero-order valence-corrected chi connectivity index (χ0v) is 15.2. The fraction of sp³-hybridized carbons (Fsp3) is 0.625. The Kier molecular flexibility index (Phi) is 12.3. The second kappa shape index (κ2) is 12.4. The molecule has 0 aliphatic rings. The number of benzene rings is 1. The summed E-state index contributed by atoms with van der Waals surface area (Å²) in [6.07, 6.45) is 7.84. The molecule has 0 saturated heterocycles. The second-order valence-corrected chi connectivity index (χ2v) is 5.87. The molecule has 1 aromatic rings. The molecule has 2 nitrogen and oxygen atoms in total. The summed E-state index contributed by atoms with van der Waals surface area (Å²) >= 11 is 12.1. The number of methoxy groups -OCH3 is 1. The molecule has 0 aromatic heterocycles. The van der Waals surface area contributed by atoms with E-state index >= 15 is 0 Å². The first-order valence-corrected chi connectivity index (χ1v) is 8.17. The van der Waals surface area contributed by atoms with Crippen molar-refractivity contribution in [3.05, 3.63) is 27.7 Å². The van der Waals surface area contributed by atoms with Crippen LogP contribution in [0.4, 0.5) is 0 Å². The Bertz CT molecular complexity index is 399. The molecule has 1 aromatic carbocycles. The van der Waals surface area contributed by atoms with Crippen molar-refractivity contribution in [3.63, 3.8) is 0 Å². The Hall–Kier alpha value is -0.150. The predicted octanol–water partition coefficient (Wildman–Crippen LogP) is 5.87. The van der Waals surface area contributed by atoms with Crippen LogP contribution in [0, 0.1) is 0 Å². The average molecular weight is 355 g/mol. The number of hydrogen-bond acceptors (Lipinski definition) is 2. The highest BCUT2D eigenvalue weighted by Crippen LogP contribution is 2.32. The molecule has 0 unspecified atom stereocenters. The third kappa shape index (κ3) is 8.15. The third-order valence-corrected chi connectivity index (χ3v) is 3.81. The van der Waals surface area contributed by atoms with Gasteiger partial charge in [0.25, 0.3) is 0 Å². The monoisotopic (exact) mass is 353 g/mol. The summed E-state index contributed by atoms with van der Waals surface area (Å²) in [4.78, 5) is 0. The Balaban J connectivity index is 0.00000400. The predicted molar refractivity (Wildman–Crippen MR) is 95.3 cm³/mol. The molecule has 5 heteroatoms. The van der Waals surface area contributed by atoms with Gasteiger partial charge in [-0.1, -0.05) is 62.2 Å². The number of rotatable bonds is 10. The molecule has 0 radical (unpaired) electrons. The summed E-state index contributed by atoms with van der Waals surface area (Å²) in [5.74, 6) is 0.714. The summed E-state index contributed by atoms with van der Waals surface area (Å²) in [6, 6.07) is 3.61. The van der Waals surface area contributed by atoms with Crippen LogP contribution in [0.5, 0.6) is 5.75 Å². The number of unbranched alkanes of at least 4 members (excludes halogenated alkanes) is 5. The molecule has 0 aliphatic carbocycles. The van der Waals surface area contributed by atoms with Gasteiger partial charge >= 0.3 is 0 Å². The normalized spacial score (nSPS) is 10.3. The van der Waals surface area contributed by atoms with Crippen LogP contribution in [0.1, 0.15) is 51.0 Å². The minimum Gasteiger partial charge on any atom is -0.495 e. The highest BCUT2D eigenvalue weighted by molar-refractivity contribution is 6.35. The van der Waals surface area contributed by atoms with Crippen LogP contribution in [-0.2, 0) is 6.54 Å². The van der Waals surface area contributed by atoms with Gasteiger partial charge in [-0.2, -0.15) is 0 Å². The van der Waals surface area contributed by atoms with Crippen LogP contribution in [0.25, 0.3) is 0 Å². The Morgan fingerprint density at radius 1 is 1.05 bits per heavy atom. The Morgan fingerprint density at radius 3 is 2.38 bits per heavy atom. The van der Waals surface area contributed by atoms with Crippen molar-refractivity contribution in [2.24, 2.45) is 0 Å². The Morgan fingerprint density at radius 2 is 1.71 bits per heavy atom. The highest BCUT2D eigenvalue weighted by atomic mass is 35.5. The molecule has 0 fully saturated rings. The summed E-state index contributed by atoms with van der Waals surface area (Å²) in [5.41, 5.74) is 1.01. The molecule has 1 N–H and O–H groups in total. The quantitative estimate of drug-likeness (QED) is 0.530. The van der Waals surface area contributed by atoms with E-state index in [-0.39, 0.29) is 12.4 Å². The van der Waals surface area contributed by atoms with Gasteiger partial charge in [-0.3, -0.25) is 0 Å². The molecular formula is C16H26Cl3NO. The smallest absolute Gasteiger partial charge is 0.142 e. The van der Waals surface area contributed by atoms with E-state index in [4.69, 9.17) is 27.9 Å². The van der Waals surface area contributed by atoms with E-state index in [2.05, 4.69) is 12.2 Å². The maximum Gasteiger partial charge on any atom is 0.142 e. The number of nitrogens with one attached hydrogen (secondary N) is 1. The molecule has 0 atom stereocenters. The number of halogens is 3. The van der Waals surface area contributed by atoms with Crippen molar-refractivity contribution in [1.82, 2.24) is 5.32 Å². The van der Waals surface area contributed by atoms with E-state index in [1.165, 1.54) is 38.5 Å². The van der Waals surface area contributed by atoms with Crippen LogP contribution in [0.2, 0.25) is 10.0 Å². The number of hydrogen-bond donors (Lipinski definition) is 1. The Labute approximate surface area is 145 Å². The van der Waals surface area contributed by atoms with Gasteiger partial charge in [0.05, 0.1) is 12.1 Å². The molecule has 21 heavy (non-hydrogen) atoms. The van der Waals surface area contributed by atoms with Crippen molar-refractivity contribution < 1.29 is 4.74 Å². The van der Waals surface area contributed by atoms with Crippen LogP contribution < -0.4 is 10.1 Å². The van der Waals surface area contributed by atoms with Gasteiger partial charge in [0.2, 0.25) is 0 Å². The van der Waals surface area contributed by atoms with E-state index in [0.717, 1.165) is 18.7 Å². The lowest BCUT2D eigenvalue weighted by atomic mass is 10.1. The average Bonchev–Trinajstić information content (AvgIpc) is 2.41. The standard InChI is InChI=1S/C16H25Cl2NO.ClH/c1-3-4-5-6-7-8-9-19-12-13-10-14(17)11-15(18)16(13)20-2;/h10-11,19H,3-9,12H2,1-2H3;1H. The zero-order valence-electron chi connectivity index (χ0n) is 12.9. The van der Waals surface area contributed by atoms with Gasteiger partial charge in [-0.05, 0) is 25.1 Å². The van der Waals surface area contributed by atoms with Gasteiger partial charge in [0.1, 0.15) is 5.75 Å². The van der Waals surface area contributed by atoms with Crippen LogP contribution in [-0.4, -0.2) is 13.7 Å². The lowest BCUT2D eigenvalue weighted by molar-refractivity contribution is 0.407. The summed E-state index contributed by atoms with van der Waals surface area (Å²) in [7, 11) is 1.63. The number of ether oxygens (including phenoxy) is 1. The molecule has 0 amide bonds. The van der Waals surface area contributed by atoms with Gasteiger partial charge in [-0.25, -0.2) is 0 Å². The van der Waals surface area contributed by atoms with Crippen molar-refractivity contribution in [3.8, 4) is 5.75 Å². The van der Waals surface area contributed by atoms with Crippen molar-refractivity contribution in [2.45, 2.75) is 52.0 Å². The van der Waals surface area contributed by atoms with Crippen molar-refractivity contribution >= 4 is 35.6 Å². The first kappa shape index (κ1) is 20.9. The molecule has 0 heterocycles. The fourth-order valence-corrected chi connectivity index (χ4v) is 2.84. The van der Waals surface area contributed by atoms with Gasteiger partial charge in [-0.15, -0.1) is 12.4 Å². The largest absolute Gasteiger partial charge is 0.495 e. The van der Waals surface area contributed by atoms with Gasteiger partial charge < -0.3 is 10.1 Å². The van der Waals surface area contributed by atoms with Crippen molar-refractivity contribution in [2.75, 3.05) is 13.7 Å². The molecule has 0 spiro atoms. The molecule has 1 rings (SSSR count). The first-order valence-electron chi connectivity index (χ1n) is 7.41. The van der Waals surface area contributed by atoms with E-state index in [1.807, 2.05) is 6.07 Å². The summed E-state index contributed by atoms with van der Waals surface area (Å²) < 4.78 is 5.32. The van der Waals surface area contributed by atoms with Crippen LogP contribution in [0.3, 0.4) is 0 Å². The van der Waals surface area contributed by atoms with Crippen molar-refractivity contribution in [1.29, 1.82) is 0 Å². The van der Waals surface area contributed by atoms with E-state index in [0.29, 0.717) is 15.8 Å². The maximum atomic E-state index is 6.11. The van der Waals surface area contributed by atoms with E-state index in [9.17, 15) is 0 Å². The lowest BCUT2D eigenvalue weighted by Crippen LogP contribution is -2.15. The molecule has 0 aliphatic heterocycles. The first-order chi connectivity index (χ1) is 9.69. The van der Waals surface area contributed by atoms with Crippen LogP contribution >= 0.6 is 35.6 Å². The SMILES string of the molecule is CCCCCCCCNCc1cc(Cl)cc(Cl)c1OC.Cl. The van der Waals surface area contributed by atoms with E-state index < -0.39 is 0 Å². The van der Waals surface area contributed by atoms with Crippen LogP contribution in [0.15, 0.2) is 12.1 Å². The summed E-state index contributed by atoms with van der Waals surface area (Å²) in [5, 5.41) is 4.64. The van der Waals surface area contributed by atoms with E-state index in [1.54, 1.807) is 13.2 Å². The molecule has 122 valence electrons. The van der Waals surface area contributed by atoms with Gasteiger partial charge in [0.15, 0.2) is 0 Å². The van der Waals surface area contributed by atoms with Gasteiger partial charge in [0, 0.05) is 17.1 Å². The molecule has 0 bridgehead atoms.